The number of halogens is 2. The van der Waals surface area contributed by atoms with Crippen LogP contribution in [0, 0.1) is 6.92 Å². The molecule has 17 heavy (non-hydrogen) atoms. The minimum absolute atomic E-state index is 0.117. The molecule has 2 rings (SSSR count). The predicted octanol–water partition coefficient (Wildman–Crippen LogP) is 4.75. The summed E-state index contributed by atoms with van der Waals surface area (Å²) in [6.45, 7) is 1.95. The zero-order chi connectivity index (χ0) is 12.4. The summed E-state index contributed by atoms with van der Waals surface area (Å²) in [6.07, 6.45) is 0. The van der Waals surface area contributed by atoms with Crippen LogP contribution in [0.2, 0.25) is 10.0 Å². The fourth-order valence-corrected chi connectivity index (χ4v) is 1.92. The molecule has 2 aromatic rings. The molecule has 0 heterocycles. The average Bonchev–Trinajstić information content (AvgIpc) is 2.25. The third kappa shape index (κ3) is 2.84. The minimum atomic E-state index is 0.117. The Morgan fingerprint density at radius 3 is 2.12 bits per heavy atom. The van der Waals surface area contributed by atoms with Gasteiger partial charge in [0.1, 0.15) is 5.75 Å². The van der Waals surface area contributed by atoms with Gasteiger partial charge in [-0.25, -0.2) is 0 Å². The Morgan fingerprint density at radius 1 is 0.941 bits per heavy atom. The van der Waals surface area contributed by atoms with E-state index in [0.29, 0.717) is 15.7 Å². The zero-order valence-corrected chi connectivity index (χ0v) is 10.7. The highest BCUT2D eigenvalue weighted by atomic mass is 35.5. The first-order chi connectivity index (χ1) is 8.06. The van der Waals surface area contributed by atoms with Gasteiger partial charge in [0.25, 0.3) is 0 Å². The van der Waals surface area contributed by atoms with Gasteiger partial charge in [-0.15, -0.1) is 0 Å². The summed E-state index contributed by atoms with van der Waals surface area (Å²) in [5.41, 5.74) is 2.51. The van der Waals surface area contributed by atoms with Gasteiger partial charge in [0.05, 0.1) is 5.69 Å². The number of phenols is 1. The number of rotatable bonds is 2. The second kappa shape index (κ2) is 4.86. The van der Waals surface area contributed by atoms with Gasteiger partial charge < -0.3 is 10.4 Å². The van der Waals surface area contributed by atoms with E-state index in [2.05, 4.69) is 5.32 Å². The fourth-order valence-electron chi connectivity index (χ4n) is 1.52. The van der Waals surface area contributed by atoms with Crippen LogP contribution in [-0.4, -0.2) is 5.11 Å². The molecule has 0 bridgehead atoms. The second-order valence-corrected chi connectivity index (χ2v) is 4.62. The number of hydrogen-bond donors (Lipinski definition) is 2. The lowest BCUT2D eigenvalue weighted by Gasteiger charge is -2.11. The lowest BCUT2D eigenvalue weighted by Crippen LogP contribution is -1.93. The number of aromatic hydroxyl groups is 1. The highest BCUT2D eigenvalue weighted by Crippen LogP contribution is 2.31. The zero-order valence-electron chi connectivity index (χ0n) is 9.17. The Bertz CT molecular complexity index is 506. The molecule has 2 nitrogen and oxygen atoms in total. The third-order valence-corrected chi connectivity index (χ3v) is 2.89. The average molecular weight is 268 g/mol. The summed E-state index contributed by atoms with van der Waals surface area (Å²) in [4.78, 5) is 0. The summed E-state index contributed by atoms with van der Waals surface area (Å²) < 4.78 is 0. The number of anilines is 2. The van der Waals surface area contributed by atoms with Gasteiger partial charge in [-0.1, -0.05) is 23.2 Å². The molecular weight excluding hydrogens is 257 g/mol. The molecule has 0 saturated carbocycles. The smallest absolute Gasteiger partial charge is 0.140 e. The second-order valence-electron chi connectivity index (χ2n) is 3.75. The van der Waals surface area contributed by atoms with Crippen LogP contribution in [0.3, 0.4) is 0 Å². The van der Waals surface area contributed by atoms with E-state index in [1.807, 2.05) is 19.1 Å². The normalized spacial score (nSPS) is 10.3. The van der Waals surface area contributed by atoms with Crippen molar-refractivity contribution in [3.8, 4) is 5.75 Å². The van der Waals surface area contributed by atoms with Crippen LogP contribution in [0.1, 0.15) is 5.56 Å². The number of aryl methyl sites for hydroxylation is 1. The largest absolute Gasteiger partial charge is 0.506 e. The number of nitrogens with one attached hydrogen (secondary N) is 1. The molecule has 0 aliphatic rings. The van der Waals surface area contributed by atoms with Crippen LogP contribution < -0.4 is 5.32 Å². The fraction of sp³-hybridized carbons (Fsp3) is 0.0769. The van der Waals surface area contributed by atoms with E-state index in [0.717, 1.165) is 11.3 Å². The van der Waals surface area contributed by atoms with Gasteiger partial charge in [0.2, 0.25) is 0 Å². The molecule has 2 N–H and O–H groups in total. The van der Waals surface area contributed by atoms with Crippen LogP contribution in [0.15, 0.2) is 36.4 Å². The Morgan fingerprint density at radius 2 is 1.53 bits per heavy atom. The maximum Gasteiger partial charge on any atom is 0.140 e. The Kier molecular flexibility index (Phi) is 3.46. The van der Waals surface area contributed by atoms with Gasteiger partial charge in [-0.05, 0) is 42.8 Å². The highest BCUT2D eigenvalue weighted by Gasteiger charge is 2.04. The van der Waals surface area contributed by atoms with Crippen molar-refractivity contribution < 1.29 is 5.11 Å². The van der Waals surface area contributed by atoms with Gasteiger partial charge in [0.15, 0.2) is 0 Å². The van der Waals surface area contributed by atoms with E-state index in [1.165, 1.54) is 6.07 Å². The molecule has 4 heteroatoms. The summed E-state index contributed by atoms with van der Waals surface area (Å²) in [5, 5.41) is 14.0. The maximum absolute atomic E-state index is 9.73. The van der Waals surface area contributed by atoms with E-state index < -0.39 is 0 Å². The monoisotopic (exact) mass is 267 g/mol. The molecule has 0 spiro atoms. The van der Waals surface area contributed by atoms with E-state index in [9.17, 15) is 5.11 Å². The van der Waals surface area contributed by atoms with Crippen molar-refractivity contribution in [2.24, 2.45) is 0 Å². The molecule has 2 aromatic carbocycles. The van der Waals surface area contributed by atoms with E-state index >= 15 is 0 Å². The molecule has 0 aromatic heterocycles. The molecule has 0 atom stereocenters. The maximum atomic E-state index is 9.73. The molecule has 88 valence electrons. The van der Waals surface area contributed by atoms with Crippen LogP contribution in [0.5, 0.6) is 5.75 Å². The van der Waals surface area contributed by atoms with Crippen LogP contribution in [0.4, 0.5) is 11.4 Å². The van der Waals surface area contributed by atoms with Crippen molar-refractivity contribution in [3.05, 3.63) is 52.0 Å². The summed E-state index contributed by atoms with van der Waals surface area (Å²) in [6, 6.07) is 10.5. The van der Waals surface area contributed by atoms with Crippen molar-refractivity contribution >= 4 is 34.6 Å². The number of hydrogen-bond acceptors (Lipinski definition) is 2. The van der Waals surface area contributed by atoms with Crippen LogP contribution in [0.25, 0.3) is 0 Å². The molecular formula is C13H11Cl2NO. The topological polar surface area (TPSA) is 32.3 Å². The quantitative estimate of drug-likeness (QED) is 0.770. The summed E-state index contributed by atoms with van der Waals surface area (Å²) >= 11 is 11.6. The predicted molar refractivity (Wildman–Crippen MR) is 72.6 cm³/mol. The van der Waals surface area contributed by atoms with E-state index in [1.54, 1.807) is 18.2 Å². The molecule has 0 saturated heterocycles. The number of benzene rings is 2. The van der Waals surface area contributed by atoms with Crippen molar-refractivity contribution in [3.63, 3.8) is 0 Å². The van der Waals surface area contributed by atoms with Crippen LogP contribution >= 0.6 is 23.2 Å². The van der Waals surface area contributed by atoms with Crippen molar-refractivity contribution in [1.82, 2.24) is 0 Å². The van der Waals surface area contributed by atoms with Gasteiger partial charge in [0, 0.05) is 21.8 Å². The standard InChI is InChI=1S/C13H11Cl2NO/c1-8-6-9(14)2-4-11(8)16-12-5-3-10(15)7-13(12)17/h2-7,16-17H,1H3. The Hall–Kier alpha value is -1.38. The van der Waals surface area contributed by atoms with Gasteiger partial charge in [-0.2, -0.15) is 0 Å². The number of phenolic OH excluding ortho intramolecular Hbond substituents is 1. The lowest BCUT2D eigenvalue weighted by atomic mass is 10.2. The SMILES string of the molecule is Cc1cc(Cl)ccc1Nc1ccc(Cl)cc1O. The first-order valence-electron chi connectivity index (χ1n) is 5.08. The molecule has 0 aliphatic carbocycles. The highest BCUT2D eigenvalue weighted by molar-refractivity contribution is 6.31. The molecule has 0 unspecified atom stereocenters. The minimum Gasteiger partial charge on any atom is -0.506 e. The first-order valence-corrected chi connectivity index (χ1v) is 5.83. The summed E-state index contributed by atoms with van der Waals surface area (Å²) in [7, 11) is 0. The lowest BCUT2D eigenvalue weighted by molar-refractivity contribution is 0.478. The van der Waals surface area contributed by atoms with Crippen molar-refractivity contribution in [1.29, 1.82) is 0 Å². The molecule has 0 aliphatic heterocycles. The third-order valence-electron chi connectivity index (χ3n) is 2.42. The van der Waals surface area contributed by atoms with Crippen molar-refractivity contribution in [2.75, 3.05) is 5.32 Å². The van der Waals surface area contributed by atoms with E-state index in [-0.39, 0.29) is 5.75 Å². The van der Waals surface area contributed by atoms with Crippen LogP contribution in [-0.2, 0) is 0 Å². The Labute approximate surface area is 110 Å². The molecule has 0 amide bonds. The molecule has 0 radical (unpaired) electrons. The van der Waals surface area contributed by atoms with Gasteiger partial charge in [-0.3, -0.25) is 0 Å². The molecule has 0 fully saturated rings. The summed E-state index contributed by atoms with van der Waals surface area (Å²) in [5.74, 6) is 0.117. The first kappa shape index (κ1) is 12.1. The van der Waals surface area contributed by atoms with E-state index in [4.69, 9.17) is 23.2 Å². The van der Waals surface area contributed by atoms with Gasteiger partial charge >= 0.3 is 0 Å². The Balaban J connectivity index is 2.31. The van der Waals surface area contributed by atoms with Crippen molar-refractivity contribution in [2.45, 2.75) is 6.92 Å².